The number of aliphatic hydroxyl groups is 1. The lowest BCUT2D eigenvalue weighted by Crippen LogP contribution is -2.47. The van der Waals surface area contributed by atoms with Gasteiger partial charge in [0.15, 0.2) is 11.5 Å². The van der Waals surface area contributed by atoms with Gasteiger partial charge in [-0.25, -0.2) is 4.79 Å². The van der Waals surface area contributed by atoms with Gasteiger partial charge >= 0.3 is 6.03 Å². The van der Waals surface area contributed by atoms with E-state index in [0.717, 1.165) is 19.3 Å². The second-order valence-corrected chi connectivity index (χ2v) is 10.7. The maximum absolute atomic E-state index is 14.1. The topological polar surface area (TPSA) is 131 Å². The van der Waals surface area contributed by atoms with Crippen LogP contribution in [0.2, 0.25) is 0 Å². The van der Waals surface area contributed by atoms with Gasteiger partial charge in [-0.3, -0.25) is 4.79 Å². The van der Waals surface area contributed by atoms with Gasteiger partial charge in [0.05, 0.1) is 30.4 Å². The molecule has 0 aromatic heterocycles. The second-order valence-electron chi connectivity index (χ2n) is 10.7. The number of rotatable bonds is 6. The Hall–Kier alpha value is -3.54. The number of fused-ring (bicyclic) bond motifs is 2. The molecule has 11 nitrogen and oxygen atoms in total. The maximum Gasteiger partial charge on any atom is 0.323 e. The van der Waals surface area contributed by atoms with Crippen molar-refractivity contribution in [3.8, 4) is 17.2 Å². The zero-order valence-electron chi connectivity index (χ0n) is 24.3. The number of benzene rings is 2. The van der Waals surface area contributed by atoms with E-state index in [9.17, 15) is 14.7 Å². The molecule has 0 radical (unpaired) electrons. The van der Waals surface area contributed by atoms with Gasteiger partial charge in [0.1, 0.15) is 5.75 Å². The summed E-state index contributed by atoms with van der Waals surface area (Å²) >= 11 is 0. The van der Waals surface area contributed by atoms with Gasteiger partial charge in [-0.1, -0.05) is 6.92 Å². The average molecular weight is 571 g/mol. The van der Waals surface area contributed by atoms with Crippen LogP contribution in [0, 0.1) is 5.92 Å². The molecule has 0 aliphatic carbocycles. The number of carbonyl (C=O) groups is 2. The lowest BCUT2D eigenvalue weighted by atomic mass is 10.0. The third-order valence-corrected chi connectivity index (χ3v) is 7.35. The minimum absolute atomic E-state index is 0.000388. The highest BCUT2D eigenvalue weighted by Crippen LogP contribution is 2.34. The molecular weight excluding hydrogens is 528 g/mol. The number of anilines is 2. The molecule has 3 amide bonds. The number of nitrogens with one attached hydrogen (secondary N) is 3. The number of nitrogens with zero attached hydrogens (tertiary/aromatic N) is 1. The molecule has 2 aromatic rings. The van der Waals surface area contributed by atoms with E-state index in [2.05, 4.69) is 22.9 Å². The molecule has 2 aliphatic heterocycles. The summed E-state index contributed by atoms with van der Waals surface area (Å²) < 4.78 is 23.2. The van der Waals surface area contributed by atoms with Crippen LogP contribution in [0.15, 0.2) is 36.4 Å². The molecule has 4 rings (SSSR count). The van der Waals surface area contributed by atoms with Crippen molar-refractivity contribution in [2.45, 2.75) is 58.3 Å². The third kappa shape index (κ3) is 8.02. The van der Waals surface area contributed by atoms with Crippen LogP contribution in [0.1, 0.15) is 50.4 Å². The quantitative estimate of drug-likeness (QED) is 0.409. The predicted molar refractivity (Wildman–Crippen MR) is 156 cm³/mol. The van der Waals surface area contributed by atoms with Gasteiger partial charge in [0.2, 0.25) is 6.79 Å². The van der Waals surface area contributed by atoms with E-state index in [1.54, 1.807) is 41.3 Å². The molecule has 0 bridgehead atoms. The van der Waals surface area contributed by atoms with Gasteiger partial charge in [0, 0.05) is 43.1 Å². The molecule has 0 unspecified atom stereocenters. The standard InChI is InChI=1S/C30H42N4O7/c1-19-16-34(20(2)17-35)29(36)24-13-22(32-30(37)33-23-9-11-26-27(14-23)40-18-39-26)8-10-25(24)41-21(3)7-5-6-12-38-28(19)15-31-4/h8-11,13-14,19-21,28,31,35H,5-7,12,15-18H2,1-4H3,(H2,32,33,37)/t19-,20-,21-,28+/m1/s1. The molecule has 2 aliphatic rings. The Kier molecular flexibility index (Phi) is 10.7. The van der Waals surface area contributed by atoms with Crippen molar-refractivity contribution < 1.29 is 33.6 Å². The van der Waals surface area contributed by atoms with E-state index in [-0.39, 0.29) is 37.4 Å². The number of hydrogen-bond donors (Lipinski definition) is 4. The van der Waals surface area contributed by atoms with Crippen LogP contribution in [0.5, 0.6) is 17.2 Å². The molecule has 2 heterocycles. The molecule has 0 fully saturated rings. The normalized spacial score (nSPS) is 22.2. The van der Waals surface area contributed by atoms with Crippen molar-refractivity contribution in [1.29, 1.82) is 0 Å². The number of urea groups is 1. The van der Waals surface area contributed by atoms with E-state index in [0.29, 0.717) is 53.9 Å². The number of amides is 3. The van der Waals surface area contributed by atoms with Crippen LogP contribution >= 0.6 is 0 Å². The fourth-order valence-corrected chi connectivity index (χ4v) is 4.96. The molecule has 224 valence electrons. The van der Waals surface area contributed by atoms with Gasteiger partial charge < -0.3 is 44.9 Å². The predicted octanol–water partition coefficient (Wildman–Crippen LogP) is 4.07. The minimum Gasteiger partial charge on any atom is -0.490 e. The van der Waals surface area contributed by atoms with Crippen LogP contribution < -0.4 is 30.2 Å². The van der Waals surface area contributed by atoms with Crippen LogP contribution in [-0.2, 0) is 4.74 Å². The van der Waals surface area contributed by atoms with Crippen LogP contribution in [0.25, 0.3) is 0 Å². The Balaban J connectivity index is 1.60. The summed E-state index contributed by atoms with van der Waals surface area (Å²) in [5, 5.41) is 18.8. The fourth-order valence-electron chi connectivity index (χ4n) is 4.96. The van der Waals surface area contributed by atoms with Crippen LogP contribution in [0.3, 0.4) is 0 Å². The van der Waals surface area contributed by atoms with Gasteiger partial charge in [-0.05, 0) is 70.5 Å². The zero-order chi connectivity index (χ0) is 29.4. The van der Waals surface area contributed by atoms with Crippen LogP contribution in [-0.4, -0.2) is 80.3 Å². The second kappa shape index (κ2) is 14.4. The van der Waals surface area contributed by atoms with Crippen LogP contribution in [0.4, 0.5) is 16.2 Å². The van der Waals surface area contributed by atoms with Crippen molar-refractivity contribution in [3.05, 3.63) is 42.0 Å². The Bertz CT molecular complexity index is 1190. The van der Waals surface area contributed by atoms with Gasteiger partial charge in [0.25, 0.3) is 5.91 Å². The number of ether oxygens (including phenoxy) is 4. The lowest BCUT2D eigenvalue weighted by Gasteiger charge is -2.34. The minimum atomic E-state index is -0.479. The molecule has 0 saturated carbocycles. The number of carbonyl (C=O) groups excluding carboxylic acids is 2. The first-order chi connectivity index (χ1) is 19.8. The molecule has 41 heavy (non-hydrogen) atoms. The average Bonchev–Trinajstić information content (AvgIpc) is 3.42. The highest BCUT2D eigenvalue weighted by Gasteiger charge is 2.30. The summed E-state index contributed by atoms with van der Waals surface area (Å²) in [6.07, 6.45) is 2.42. The first-order valence-electron chi connectivity index (χ1n) is 14.3. The third-order valence-electron chi connectivity index (χ3n) is 7.35. The maximum atomic E-state index is 14.1. The van der Waals surface area contributed by atoms with Gasteiger partial charge in [-0.2, -0.15) is 0 Å². The lowest BCUT2D eigenvalue weighted by molar-refractivity contribution is -0.000451. The monoisotopic (exact) mass is 570 g/mol. The fraction of sp³-hybridized carbons (Fsp3) is 0.533. The van der Waals surface area contributed by atoms with E-state index in [1.807, 2.05) is 20.9 Å². The Morgan fingerprint density at radius 3 is 2.49 bits per heavy atom. The molecule has 4 N–H and O–H groups in total. The SMILES string of the molecule is CNC[C@@H]1OCCCC[C@@H](C)Oc2ccc(NC(=O)Nc3ccc4c(c3)OCO4)cc2C(=O)N([C@H](C)CO)C[C@H]1C. The molecule has 4 atom stereocenters. The smallest absolute Gasteiger partial charge is 0.323 e. The van der Waals surface area contributed by atoms with E-state index < -0.39 is 12.1 Å². The summed E-state index contributed by atoms with van der Waals surface area (Å²) in [6, 6.07) is 9.26. The zero-order valence-corrected chi connectivity index (χ0v) is 24.3. The van der Waals surface area contributed by atoms with E-state index in [1.165, 1.54) is 0 Å². The molecule has 11 heteroatoms. The summed E-state index contributed by atoms with van der Waals surface area (Å²) in [4.78, 5) is 28.6. The van der Waals surface area contributed by atoms with Crippen molar-refractivity contribution in [2.24, 2.45) is 5.92 Å². The summed E-state index contributed by atoms with van der Waals surface area (Å²) in [5.41, 5.74) is 1.27. The first kappa shape index (κ1) is 30.4. The Morgan fingerprint density at radius 1 is 1.05 bits per heavy atom. The molecule has 0 saturated heterocycles. The molecular formula is C30H42N4O7. The highest BCUT2D eigenvalue weighted by atomic mass is 16.7. The van der Waals surface area contributed by atoms with Crippen molar-refractivity contribution >= 4 is 23.3 Å². The largest absolute Gasteiger partial charge is 0.490 e. The first-order valence-corrected chi connectivity index (χ1v) is 14.3. The van der Waals surface area contributed by atoms with E-state index in [4.69, 9.17) is 18.9 Å². The Morgan fingerprint density at radius 2 is 1.76 bits per heavy atom. The van der Waals surface area contributed by atoms with E-state index >= 15 is 0 Å². The molecule has 2 aromatic carbocycles. The number of aliphatic hydroxyl groups excluding tert-OH is 1. The highest BCUT2D eigenvalue weighted by molar-refractivity contribution is 6.02. The number of likely N-dealkylation sites (N-methyl/N-ethyl adjacent to an activating group) is 1. The van der Waals surface area contributed by atoms with Crippen molar-refractivity contribution in [3.63, 3.8) is 0 Å². The summed E-state index contributed by atoms with van der Waals surface area (Å²) in [5.74, 6) is 1.32. The Labute approximate surface area is 241 Å². The van der Waals surface area contributed by atoms with Crippen molar-refractivity contribution in [1.82, 2.24) is 10.2 Å². The molecule has 0 spiro atoms. The summed E-state index contributed by atoms with van der Waals surface area (Å²) in [7, 11) is 1.88. The number of hydrogen-bond acceptors (Lipinski definition) is 8. The summed E-state index contributed by atoms with van der Waals surface area (Å²) in [6.45, 7) is 7.45. The van der Waals surface area contributed by atoms with Gasteiger partial charge in [-0.15, -0.1) is 0 Å². The van der Waals surface area contributed by atoms with Crippen molar-refractivity contribution in [2.75, 3.05) is 50.8 Å².